The quantitative estimate of drug-likeness (QED) is 0.631. The average Bonchev–Trinajstić information content (AvgIpc) is 2.25. The second-order valence-electron chi connectivity index (χ2n) is 4.32. The smallest absolute Gasteiger partial charge is 0.235 e. The highest BCUT2D eigenvalue weighted by atomic mass is 32.2. The van der Waals surface area contributed by atoms with Crippen molar-refractivity contribution in [2.45, 2.75) is 40.2 Å². The van der Waals surface area contributed by atoms with E-state index in [-0.39, 0.29) is 11.7 Å². The van der Waals surface area contributed by atoms with Crippen molar-refractivity contribution in [3.8, 4) is 0 Å². The molecule has 0 aromatic heterocycles. The Hall–Kier alpha value is -0.420. The van der Waals surface area contributed by atoms with E-state index >= 15 is 0 Å². The fourth-order valence-electron chi connectivity index (χ4n) is 1.50. The van der Waals surface area contributed by atoms with Gasteiger partial charge in [0.25, 0.3) is 0 Å². The monoisotopic (exact) mass is 262 g/mol. The maximum atomic E-state index is 11.7. The van der Waals surface area contributed by atoms with Gasteiger partial charge in [0, 0.05) is 35.7 Å². The molecule has 17 heavy (non-hydrogen) atoms. The van der Waals surface area contributed by atoms with Crippen LogP contribution >= 0.6 is 0 Å². The van der Waals surface area contributed by atoms with Gasteiger partial charge in [0.1, 0.15) is 5.75 Å². The number of hydrogen-bond acceptors (Lipinski definition) is 3. The standard InChI is InChI=1S/C12H26N2O2S/c1-5-14(6-2)12(15)10-17(16)9-7-8-13-11(3)4/h11,13H,5-10H2,1-4H3. The molecule has 0 radical (unpaired) electrons. The van der Waals surface area contributed by atoms with Crippen LogP contribution in [-0.2, 0) is 15.6 Å². The first kappa shape index (κ1) is 16.6. The van der Waals surface area contributed by atoms with Gasteiger partial charge in [-0.15, -0.1) is 0 Å². The Morgan fingerprint density at radius 1 is 1.29 bits per heavy atom. The van der Waals surface area contributed by atoms with Crippen molar-refractivity contribution < 1.29 is 9.00 Å². The zero-order valence-electron chi connectivity index (χ0n) is 11.5. The molecule has 0 aliphatic heterocycles. The van der Waals surface area contributed by atoms with Gasteiger partial charge in [-0.05, 0) is 26.8 Å². The van der Waals surface area contributed by atoms with E-state index in [0.29, 0.717) is 24.9 Å². The van der Waals surface area contributed by atoms with E-state index in [1.807, 2.05) is 13.8 Å². The molecule has 0 spiro atoms. The van der Waals surface area contributed by atoms with Crippen LogP contribution in [0.3, 0.4) is 0 Å². The summed E-state index contributed by atoms with van der Waals surface area (Å²) in [5.41, 5.74) is 0. The van der Waals surface area contributed by atoms with Gasteiger partial charge in [-0.2, -0.15) is 0 Å². The van der Waals surface area contributed by atoms with E-state index in [9.17, 15) is 9.00 Å². The molecule has 102 valence electrons. The molecule has 0 heterocycles. The number of nitrogens with one attached hydrogen (secondary N) is 1. The first-order chi connectivity index (χ1) is 8.01. The molecular weight excluding hydrogens is 236 g/mol. The highest BCUT2D eigenvalue weighted by Crippen LogP contribution is 1.94. The van der Waals surface area contributed by atoms with Crippen molar-refractivity contribution in [3.63, 3.8) is 0 Å². The van der Waals surface area contributed by atoms with Gasteiger partial charge >= 0.3 is 0 Å². The minimum atomic E-state index is -1.02. The SMILES string of the molecule is CCN(CC)C(=O)CS(=O)CCCNC(C)C. The summed E-state index contributed by atoms with van der Waals surface area (Å²) in [6, 6.07) is 0.459. The molecule has 0 fully saturated rings. The summed E-state index contributed by atoms with van der Waals surface area (Å²) in [4.78, 5) is 13.4. The lowest BCUT2D eigenvalue weighted by molar-refractivity contribution is -0.128. The Bertz CT molecular complexity index is 241. The largest absolute Gasteiger partial charge is 0.342 e. The van der Waals surface area contributed by atoms with Crippen LogP contribution < -0.4 is 5.32 Å². The molecular formula is C12H26N2O2S. The van der Waals surface area contributed by atoms with E-state index in [1.54, 1.807) is 4.90 Å². The summed E-state index contributed by atoms with van der Waals surface area (Å²) >= 11 is 0. The molecule has 1 amide bonds. The van der Waals surface area contributed by atoms with Gasteiger partial charge in [-0.1, -0.05) is 13.8 Å². The molecule has 0 saturated heterocycles. The number of carbonyl (C=O) groups is 1. The zero-order valence-corrected chi connectivity index (χ0v) is 12.3. The zero-order chi connectivity index (χ0) is 13.3. The van der Waals surface area contributed by atoms with E-state index < -0.39 is 10.8 Å². The van der Waals surface area contributed by atoms with Crippen LogP contribution in [0.4, 0.5) is 0 Å². The fraction of sp³-hybridized carbons (Fsp3) is 0.917. The third-order valence-electron chi connectivity index (χ3n) is 2.50. The minimum Gasteiger partial charge on any atom is -0.342 e. The molecule has 5 heteroatoms. The Morgan fingerprint density at radius 2 is 1.88 bits per heavy atom. The predicted octanol–water partition coefficient (Wildman–Crippen LogP) is 0.992. The second kappa shape index (κ2) is 9.59. The normalized spacial score (nSPS) is 12.8. The molecule has 0 aliphatic rings. The van der Waals surface area contributed by atoms with Crippen LogP contribution in [0.5, 0.6) is 0 Å². The Morgan fingerprint density at radius 3 is 2.35 bits per heavy atom. The number of carbonyl (C=O) groups excluding carboxylic acids is 1. The second-order valence-corrected chi connectivity index (χ2v) is 5.89. The van der Waals surface area contributed by atoms with Crippen molar-refractivity contribution in [1.29, 1.82) is 0 Å². The van der Waals surface area contributed by atoms with Crippen LogP contribution in [0, 0.1) is 0 Å². The number of amides is 1. The van der Waals surface area contributed by atoms with E-state index in [4.69, 9.17) is 0 Å². The Balaban J connectivity index is 3.74. The van der Waals surface area contributed by atoms with Crippen molar-refractivity contribution in [1.82, 2.24) is 10.2 Å². The molecule has 0 saturated carbocycles. The summed E-state index contributed by atoms with van der Waals surface area (Å²) < 4.78 is 11.7. The van der Waals surface area contributed by atoms with Gasteiger partial charge < -0.3 is 10.2 Å². The van der Waals surface area contributed by atoms with Gasteiger partial charge in [0.2, 0.25) is 5.91 Å². The third-order valence-corrected chi connectivity index (χ3v) is 3.81. The first-order valence-electron chi connectivity index (χ1n) is 6.37. The molecule has 0 aromatic rings. The van der Waals surface area contributed by atoms with Crippen molar-refractivity contribution in [2.24, 2.45) is 0 Å². The summed E-state index contributed by atoms with van der Waals surface area (Å²) in [7, 11) is -1.02. The van der Waals surface area contributed by atoms with E-state index in [1.165, 1.54) is 0 Å². The third kappa shape index (κ3) is 8.32. The highest BCUT2D eigenvalue weighted by molar-refractivity contribution is 7.85. The average molecular weight is 262 g/mol. The topological polar surface area (TPSA) is 49.4 Å². The van der Waals surface area contributed by atoms with Gasteiger partial charge in [0.05, 0.1) is 0 Å². The molecule has 0 aliphatic carbocycles. The summed E-state index contributed by atoms with van der Waals surface area (Å²) in [6.07, 6.45) is 0.857. The molecule has 0 bridgehead atoms. The van der Waals surface area contributed by atoms with Gasteiger partial charge in [-0.3, -0.25) is 9.00 Å². The van der Waals surface area contributed by atoms with Crippen LogP contribution in [-0.4, -0.2) is 52.2 Å². The predicted molar refractivity (Wildman–Crippen MR) is 73.6 cm³/mol. The summed E-state index contributed by atoms with van der Waals surface area (Å²) in [5.74, 6) is 0.779. The molecule has 1 N–H and O–H groups in total. The summed E-state index contributed by atoms with van der Waals surface area (Å²) in [6.45, 7) is 10.3. The number of rotatable bonds is 9. The van der Waals surface area contributed by atoms with Crippen LogP contribution in [0.2, 0.25) is 0 Å². The van der Waals surface area contributed by atoms with Crippen LogP contribution in [0.25, 0.3) is 0 Å². The van der Waals surface area contributed by atoms with Gasteiger partial charge in [-0.25, -0.2) is 0 Å². The molecule has 1 atom stereocenters. The molecule has 4 nitrogen and oxygen atoms in total. The fourth-order valence-corrected chi connectivity index (χ4v) is 2.57. The van der Waals surface area contributed by atoms with E-state index in [2.05, 4.69) is 19.2 Å². The molecule has 0 rings (SSSR count). The first-order valence-corrected chi connectivity index (χ1v) is 7.86. The van der Waals surface area contributed by atoms with Crippen LogP contribution in [0.1, 0.15) is 34.1 Å². The van der Waals surface area contributed by atoms with Crippen molar-refractivity contribution in [3.05, 3.63) is 0 Å². The number of hydrogen-bond donors (Lipinski definition) is 1. The van der Waals surface area contributed by atoms with Crippen LogP contribution in [0.15, 0.2) is 0 Å². The Labute approximate surface area is 108 Å². The maximum absolute atomic E-state index is 11.7. The molecule has 0 aromatic carbocycles. The highest BCUT2D eigenvalue weighted by Gasteiger charge is 2.12. The lowest BCUT2D eigenvalue weighted by Gasteiger charge is -2.18. The van der Waals surface area contributed by atoms with Crippen molar-refractivity contribution in [2.75, 3.05) is 31.1 Å². The lowest BCUT2D eigenvalue weighted by atomic mass is 10.4. The van der Waals surface area contributed by atoms with Crippen molar-refractivity contribution >= 4 is 16.7 Å². The molecule has 1 unspecified atom stereocenters. The van der Waals surface area contributed by atoms with E-state index in [0.717, 1.165) is 13.0 Å². The maximum Gasteiger partial charge on any atom is 0.235 e. The number of nitrogens with zero attached hydrogens (tertiary/aromatic N) is 1. The summed E-state index contributed by atoms with van der Waals surface area (Å²) in [5, 5.41) is 3.27. The minimum absolute atomic E-state index is 0.00477. The van der Waals surface area contributed by atoms with Gasteiger partial charge in [0.15, 0.2) is 0 Å². The lowest BCUT2D eigenvalue weighted by Crippen LogP contribution is -2.34. The Kier molecular flexibility index (Phi) is 9.36.